The van der Waals surface area contributed by atoms with Gasteiger partial charge in [0, 0.05) is 9.13 Å². The van der Waals surface area contributed by atoms with E-state index >= 15 is 0 Å². The van der Waals surface area contributed by atoms with Gasteiger partial charge in [-0.15, -0.1) is 0 Å². The van der Waals surface area contributed by atoms with Crippen LogP contribution in [0.3, 0.4) is 0 Å². The summed E-state index contributed by atoms with van der Waals surface area (Å²) in [6, 6.07) is 11.3. The molecule has 3 nitrogen and oxygen atoms in total. The molecule has 0 aliphatic carbocycles. The van der Waals surface area contributed by atoms with Crippen LogP contribution < -0.4 is 0 Å². The molecule has 0 fully saturated rings. The topological polar surface area (TPSA) is 39.4 Å². The molecule has 17 heavy (non-hydrogen) atoms. The average Bonchev–Trinajstić information content (AvgIpc) is 2.80. The second-order valence-electron chi connectivity index (χ2n) is 3.39. The molecule has 0 unspecified atom stereocenters. The molecule has 2 aromatic rings. The van der Waals surface area contributed by atoms with E-state index in [9.17, 15) is 4.79 Å². The number of furan rings is 1. The minimum Gasteiger partial charge on any atom is -0.460 e. The van der Waals surface area contributed by atoms with Crippen LogP contribution in [-0.4, -0.2) is 12.6 Å². The van der Waals surface area contributed by atoms with Gasteiger partial charge in [0.05, 0.1) is 6.61 Å². The van der Waals surface area contributed by atoms with E-state index in [0.29, 0.717) is 12.4 Å². The Morgan fingerprint density at radius 2 is 1.94 bits per heavy atom. The maximum absolute atomic E-state index is 11.4. The molecule has 2 rings (SSSR count). The molecule has 88 valence electrons. The summed E-state index contributed by atoms with van der Waals surface area (Å²) in [5.74, 6) is 0.481. The van der Waals surface area contributed by atoms with Crippen molar-refractivity contribution in [2.45, 2.75) is 6.92 Å². The van der Waals surface area contributed by atoms with Gasteiger partial charge in [-0.2, -0.15) is 0 Å². The molecule has 0 spiro atoms. The molecule has 0 bridgehead atoms. The smallest absolute Gasteiger partial charge is 0.374 e. The normalized spacial score (nSPS) is 10.2. The predicted octanol–water partition coefficient (Wildman–Crippen LogP) is 3.73. The lowest BCUT2D eigenvalue weighted by molar-refractivity contribution is 0.0491. The van der Waals surface area contributed by atoms with Crippen LogP contribution in [-0.2, 0) is 4.74 Å². The molecule has 0 saturated carbocycles. The van der Waals surface area contributed by atoms with E-state index in [-0.39, 0.29) is 5.76 Å². The molecular formula is C13H11IO3. The Hall–Kier alpha value is -1.30. The van der Waals surface area contributed by atoms with Gasteiger partial charge in [-0.3, -0.25) is 0 Å². The van der Waals surface area contributed by atoms with Gasteiger partial charge >= 0.3 is 5.97 Å². The van der Waals surface area contributed by atoms with Crippen LogP contribution in [0, 0.1) is 3.57 Å². The second kappa shape index (κ2) is 5.35. The Labute approximate surface area is 113 Å². The highest BCUT2D eigenvalue weighted by molar-refractivity contribution is 14.1. The van der Waals surface area contributed by atoms with Crippen molar-refractivity contribution in [1.82, 2.24) is 0 Å². The highest BCUT2D eigenvalue weighted by atomic mass is 127. The molecule has 0 aliphatic rings. The molecule has 1 aromatic carbocycles. The number of halogens is 1. The number of benzene rings is 1. The molecule has 1 heterocycles. The number of carbonyl (C=O) groups is 1. The molecule has 1 aromatic heterocycles. The van der Waals surface area contributed by atoms with Gasteiger partial charge < -0.3 is 9.15 Å². The zero-order chi connectivity index (χ0) is 12.3. The summed E-state index contributed by atoms with van der Waals surface area (Å²) in [4.78, 5) is 11.4. The summed E-state index contributed by atoms with van der Waals surface area (Å²) < 4.78 is 11.5. The van der Waals surface area contributed by atoms with E-state index in [2.05, 4.69) is 22.6 Å². The Balaban J connectivity index is 2.23. The van der Waals surface area contributed by atoms with Crippen molar-refractivity contribution in [3.63, 3.8) is 0 Å². The van der Waals surface area contributed by atoms with Crippen LogP contribution in [0.1, 0.15) is 17.5 Å². The summed E-state index contributed by atoms with van der Waals surface area (Å²) >= 11 is 2.24. The van der Waals surface area contributed by atoms with E-state index in [1.54, 1.807) is 19.1 Å². The Morgan fingerprint density at radius 1 is 1.24 bits per heavy atom. The Kier molecular flexibility index (Phi) is 3.83. The number of hydrogen-bond donors (Lipinski definition) is 0. The highest BCUT2D eigenvalue weighted by Gasteiger charge is 2.12. The van der Waals surface area contributed by atoms with E-state index < -0.39 is 5.97 Å². The highest BCUT2D eigenvalue weighted by Crippen LogP contribution is 2.23. The van der Waals surface area contributed by atoms with Gasteiger partial charge in [0.2, 0.25) is 5.76 Å². The largest absolute Gasteiger partial charge is 0.460 e. The molecule has 0 amide bonds. The first kappa shape index (κ1) is 12.2. The summed E-state index contributed by atoms with van der Waals surface area (Å²) in [6.45, 7) is 2.11. The lowest BCUT2D eigenvalue weighted by atomic mass is 10.2. The average molecular weight is 342 g/mol. The van der Waals surface area contributed by atoms with Crippen LogP contribution in [0.15, 0.2) is 40.8 Å². The van der Waals surface area contributed by atoms with E-state index in [1.807, 2.05) is 24.3 Å². The molecule has 4 heteroatoms. The first-order valence-electron chi connectivity index (χ1n) is 5.23. The number of hydrogen-bond acceptors (Lipinski definition) is 3. The number of ether oxygens (including phenoxy) is 1. The van der Waals surface area contributed by atoms with Crippen molar-refractivity contribution in [3.05, 3.63) is 45.7 Å². The molecule has 0 atom stereocenters. The third kappa shape index (κ3) is 2.88. The first-order chi connectivity index (χ1) is 8.20. The van der Waals surface area contributed by atoms with Crippen molar-refractivity contribution in [3.8, 4) is 11.3 Å². The summed E-state index contributed by atoms with van der Waals surface area (Å²) in [7, 11) is 0. The van der Waals surface area contributed by atoms with E-state index in [0.717, 1.165) is 9.13 Å². The number of carbonyl (C=O) groups excluding carboxylic acids is 1. The van der Waals surface area contributed by atoms with E-state index in [4.69, 9.17) is 9.15 Å². The Morgan fingerprint density at radius 3 is 2.59 bits per heavy atom. The third-order valence-electron chi connectivity index (χ3n) is 2.21. The zero-order valence-electron chi connectivity index (χ0n) is 9.27. The molecule has 0 radical (unpaired) electrons. The fourth-order valence-electron chi connectivity index (χ4n) is 1.42. The van der Waals surface area contributed by atoms with Crippen molar-refractivity contribution in [2.24, 2.45) is 0 Å². The lowest BCUT2D eigenvalue weighted by Gasteiger charge is -1.98. The summed E-state index contributed by atoms with van der Waals surface area (Å²) in [6.07, 6.45) is 0. The zero-order valence-corrected chi connectivity index (χ0v) is 11.4. The van der Waals surface area contributed by atoms with Crippen LogP contribution in [0.4, 0.5) is 0 Å². The SMILES string of the molecule is CCOC(=O)c1ccc(-c2ccc(I)cc2)o1. The van der Waals surface area contributed by atoms with Crippen LogP contribution in [0.25, 0.3) is 11.3 Å². The second-order valence-corrected chi connectivity index (χ2v) is 4.64. The predicted molar refractivity (Wildman–Crippen MR) is 72.8 cm³/mol. The van der Waals surface area contributed by atoms with Crippen molar-refractivity contribution in [1.29, 1.82) is 0 Å². The first-order valence-corrected chi connectivity index (χ1v) is 6.31. The quantitative estimate of drug-likeness (QED) is 0.630. The molecule has 0 saturated heterocycles. The molecular weight excluding hydrogens is 331 g/mol. The van der Waals surface area contributed by atoms with Gasteiger partial charge in [-0.05, 0) is 53.8 Å². The third-order valence-corrected chi connectivity index (χ3v) is 2.93. The standard InChI is InChI=1S/C13H11IO3/c1-2-16-13(15)12-8-7-11(17-12)9-3-5-10(14)6-4-9/h3-8H,2H2,1H3. The fraction of sp³-hybridized carbons (Fsp3) is 0.154. The van der Waals surface area contributed by atoms with Crippen molar-refractivity contribution < 1.29 is 13.9 Å². The van der Waals surface area contributed by atoms with Gasteiger partial charge in [0.25, 0.3) is 0 Å². The Bertz CT molecular complexity index is 514. The van der Waals surface area contributed by atoms with Crippen LogP contribution >= 0.6 is 22.6 Å². The van der Waals surface area contributed by atoms with Crippen molar-refractivity contribution in [2.75, 3.05) is 6.61 Å². The summed E-state index contributed by atoms with van der Waals surface area (Å²) in [5.41, 5.74) is 0.945. The van der Waals surface area contributed by atoms with Gasteiger partial charge in [-0.1, -0.05) is 12.1 Å². The molecule has 0 aliphatic heterocycles. The van der Waals surface area contributed by atoms with Crippen molar-refractivity contribution >= 4 is 28.6 Å². The minimum atomic E-state index is -0.427. The maximum Gasteiger partial charge on any atom is 0.374 e. The van der Waals surface area contributed by atoms with Gasteiger partial charge in [0.1, 0.15) is 5.76 Å². The monoisotopic (exact) mass is 342 g/mol. The van der Waals surface area contributed by atoms with Gasteiger partial charge in [-0.25, -0.2) is 4.79 Å². The summed E-state index contributed by atoms with van der Waals surface area (Å²) in [5, 5.41) is 0. The lowest BCUT2D eigenvalue weighted by Crippen LogP contribution is -2.02. The van der Waals surface area contributed by atoms with Crippen LogP contribution in [0.2, 0.25) is 0 Å². The van der Waals surface area contributed by atoms with Crippen LogP contribution in [0.5, 0.6) is 0 Å². The fourth-order valence-corrected chi connectivity index (χ4v) is 1.78. The maximum atomic E-state index is 11.4. The number of esters is 1. The minimum absolute atomic E-state index is 0.236. The van der Waals surface area contributed by atoms with Gasteiger partial charge in [0.15, 0.2) is 0 Å². The molecule has 0 N–H and O–H groups in total. The number of rotatable bonds is 3. The van der Waals surface area contributed by atoms with E-state index in [1.165, 1.54) is 0 Å².